The van der Waals surface area contributed by atoms with E-state index in [2.05, 4.69) is 5.32 Å². The van der Waals surface area contributed by atoms with Gasteiger partial charge in [-0.1, -0.05) is 19.9 Å². The highest BCUT2D eigenvalue weighted by molar-refractivity contribution is 5.97. The van der Waals surface area contributed by atoms with Crippen molar-refractivity contribution in [3.05, 3.63) is 29.6 Å². The summed E-state index contributed by atoms with van der Waals surface area (Å²) in [6.45, 7) is 3.93. The third-order valence-corrected chi connectivity index (χ3v) is 3.70. The summed E-state index contributed by atoms with van der Waals surface area (Å²) < 4.78 is 13.5. The topological polar surface area (TPSA) is 29.1 Å². The molecule has 0 radical (unpaired) electrons. The molecule has 92 valence electrons. The molecule has 1 aromatic carbocycles. The van der Waals surface area contributed by atoms with E-state index in [-0.39, 0.29) is 17.1 Å². The van der Waals surface area contributed by atoms with Gasteiger partial charge in [0.2, 0.25) is 5.91 Å². The van der Waals surface area contributed by atoms with E-state index in [1.165, 1.54) is 6.07 Å². The zero-order valence-electron chi connectivity index (χ0n) is 10.3. The van der Waals surface area contributed by atoms with Gasteiger partial charge in [-0.3, -0.25) is 4.79 Å². The molecule has 0 atom stereocenters. The first-order chi connectivity index (χ1) is 8.11. The van der Waals surface area contributed by atoms with Crippen LogP contribution in [0.4, 0.5) is 10.1 Å². The van der Waals surface area contributed by atoms with E-state index in [0.29, 0.717) is 17.7 Å². The molecule has 0 aliphatic heterocycles. The van der Waals surface area contributed by atoms with Crippen molar-refractivity contribution in [2.45, 2.75) is 39.5 Å². The Labute approximate surface area is 101 Å². The number of amides is 1. The van der Waals surface area contributed by atoms with Crippen LogP contribution in [0, 0.1) is 11.2 Å². The fourth-order valence-corrected chi connectivity index (χ4v) is 2.07. The van der Waals surface area contributed by atoms with Gasteiger partial charge in [0.1, 0.15) is 5.82 Å². The lowest BCUT2D eigenvalue weighted by molar-refractivity contribution is -0.121. The van der Waals surface area contributed by atoms with E-state index in [4.69, 9.17) is 0 Å². The fourth-order valence-electron chi connectivity index (χ4n) is 2.07. The van der Waals surface area contributed by atoms with Gasteiger partial charge >= 0.3 is 0 Å². The summed E-state index contributed by atoms with van der Waals surface area (Å²) in [7, 11) is 0. The summed E-state index contributed by atoms with van der Waals surface area (Å²) in [6.07, 6.45) is 3.42. The number of rotatable bonds is 4. The van der Waals surface area contributed by atoms with E-state index in [0.717, 1.165) is 19.3 Å². The molecule has 17 heavy (non-hydrogen) atoms. The van der Waals surface area contributed by atoms with Crippen molar-refractivity contribution in [1.29, 1.82) is 0 Å². The van der Waals surface area contributed by atoms with Gasteiger partial charge in [-0.25, -0.2) is 4.39 Å². The Morgan fingerprint density at radius 1 is 1.41 bits per heavy atom. The minimum atomic E-state index is -0.244. The second-order valence-electron chi connectivity index (χ2n) is 4.75. The maximum absolute atomic E-state index is 13.5. The lowest BCUT2D eigenvalue weighted by Gasteiger charge is -2.13. The highest BCUT2D eigenvalue weighted by atomic mass is 19.1. The van der Waals surface area contributed by atoms with Crippen LogP contribution in [0.3, 0.4) is 0 Å². The van der Waals surface area contributed by atoms with Crippen LogP contribution in [0.5, 0.6) is 0 Å². The summed E-state index contributed by atoms with van der Waals surface area (Å²) in [5.41, 5.74) is 1.06. The number of carbonyl (C=O) groups is 1. The normalized spacial score (nSPS) is 16.6. The van der Waals surface area contributed by atoms with Gasteiger partial charge in [0.25, 0.3) is 0 Å². The largest absolute Gasteiger partial charge is 0.326 e. The first kappa shape index (κ1) is 12.1. The number of hydrogen-bond acceptors (Lipinski definition) is 1. The van der Waals surface area contributed by atoms with Crippen molar-refractivity contribution in [3.8, 4) is 0 Å². The molecular weight excluding hydrogens is 217 g/mol. The van der Waals surface area contributed by atoms with Crippen LogP contribution in [0.25, 0.3) is 0 Å². The highest BCUT2D eigenvalue weighted by Gasteiger charge is 2.47. The number of anilines is 1. The molecule has 1 aliphatic carbocycles. The van der Waals surface area contributed by atoms with E-state index >= 15 is 0 Å². The standard InChI is InChI=1S/C14H18FNO/c1-3-10-5-6-11(9-12(10)15)16-13(17)14(4-2)7-8-14/h5-6,9H,3-4,7-8H2,1-2H3,(H,16,17). The van der Waals surface area contributed by atoms with Crippen molar-refractivity contribution in [1.82, 2.24) is 0 Å². The lowest BCUT2D eigenvalue weighted by Crippen LogP contribution is -2.23. The molecule has 0 unspecified atom stereocenters. The Kier molecular flexibility index (Phi) is 3.18. The van der Waals surface area contributed by atoms with E-state index < -0.39 is 0 Å². The first-order valence-electron chi connectivity index (χ1n) is 6.21. The maximum Gasteiger partial charge on any atom is 0.230 e. The van der Waals surface area contributed by atoms with Crippen LogP contribution in [0.15, 0.2) is 18.2 Å². The molecule has 1 N–H and O–H groups in total. The highest BCUT2D eigenvalue weighted by Crippen LogP contribution is 2.49. The molecular formula is C14H18FNO. The summed E-state index contributed by atoms with van der Waals surface area (Å²) in [4.78, 5) is 12.0. The number of nitrogens with one attached hydrogen (secondary N) is 1. The number of carbonyl (C=O) groups excluding carboxylic acids is 1. The zero-order valence-corrected chi connectivity index (χ0v) is 10.3. The Morgan fingerprint density at radius 3 is 2.59 bits per heavy atom. The van der Waals surface area contributed by atoms with Crippen LogP contribution in [-0.2, 0) is 11.2 Å². The summed E-state index contributed by atoms with van der Waals surface area (Å²) in [6, 6.07) is 4.91. The molecule has 1 aliphatic rings. The molecule has 2 rings (SSSR count). The van der Waals surface area contributed by atoms with Gasteiger partial charge in [-0.05, 0) is 43.4 Å². The minimum Gasteiger partial charge on any atom is -0.326 e. The summed E-state index contributed by atoms with van der Waals surface area (Å²) >= 11 is 0. The Morgan fingerprint density at radius 2 is 2.12 bits per heavy atom. The quantitative estimate of drug-likeness (QED) is 0.850. The molecule has 1 amide bonds. The molecule has 3 heteroatoms. The third kappa shape index (κ3) is 2.33. The number of halogens is 1. The van der Waals surface area contributed by atoms with Gasteiger partial charge in [0, 0.05) is 11.1 Å². The van der Waals surface area contributed by atoms with Gasteiger partial charge in [0.05, 0.1) is 0 Å². The van der Waals surface area contributed by atoms with Crippen molar-refractivity contribution in [2.24, 2.45) is 5.41 Å². The lowest BCUT2D eigenvalue weighted by atomic mass is 10.0. The van der Waals surface area contributed by atoms with Crippen molar-refractivity contribution in [3.63, 3.8) is 0 Å². The Balaban J connectivity index is 2.09. The Bertz CT molecular complexity index is 438. The molecule has 0 spiro atoms. The average molecular weight is 235 g/mol. The zero-order chi connectivity index (χ0) is 12.5. The number of aryl methyl sites for hydroxylation is 1. The second kappa shape index (κ2) is 4.47. The smallest absolute Gasteiger partial charge is 0.230 e. The molecule has 0 heterocycles. The van der Waals surface area contributed by atoms with Gasteiger partial charge in [-0.15, -0.1) is 0 Å². The van der Waals surface area contributed by atoms with Crippen LogP contribution < -0.4 is 5.32 Å². The van der Waals surface area contributed by atoms with Gasteiger partial charge in [0.15, 0.2) is 0 Å². The molecule has 1 aromatic rings. The third-order valence-electron chi connectivity index (χ3n) is 3.70. The van der Waals surface area contributed by atoms with Crippen LogP contribution in [0.1, 0.15) is 38.7 Å². The summed E-state index contributed by atoms with van der Waals surface area (Å²) in [5.74, 6) is -0.213. The predicted octanol–water partition coefficient (Wildman–Crippen LogP) is 3.52. The fraction of sp³-hybridized carbons (Fsp3) is 0.500. The second-order valence-corrected chi connectivity index (χ2v) is 4.75. The van der Waals surface area contributed by atoms with Crippen molar-refractivity contribution < 1.29 is 9.18 Å². The van der Waals surface area contributed by atoms with Gasteiger partial charge < -0.3 is 5.32 Å². The first-order valence-corrected chi connectivity index (χ1v) is 6.21. The predicted molar refractivity (Wildman–Crippen MR) is 66.4 cm³/mol. The number of hydrogen-bond donors (Lipinski definition) is 1. The monoisotopic (exact) mass is 235 g/mol. The van der Waals surface area contributed by atoms with Crippen LogP contribution in [0.2, 0.25) is 0 Å². The van der Waals surface area contributed by atoms with Crippen LogP contribution in [-0.4, -0.2) is 5.91 Å². The van der Waals surface area contributed by atoms with Crippen molar-refractivity contribution >= 4 is 11.6 Å². The van der Waals surface area contributed by atoms with E-state index in [1.54, 1.807) is 12.1 Å². The molecule has 1 saturated carbocycles. The summed E-state index contributed by atoms with van der Waals surface area (Å²) in [5, 5.41) is 2.81. The minimum absolute atomic E-state index is 0.0312. The number of benzene rings is 1. The van der Waals surface area contributed by atoms with Crippen molar-refractivity contribution in [2.75, 3.05) is 5.32 Å². The van der Waals surface area contributed by atoms with E-state index in [1.807, 2.05) is 13.8 Å². The molecule has 1 fully saturated rings. The molecule has 0 aromatic heterocycles. The Hall–Kier alpha value is -1.38. The SMILES string of the molecule is CCc1ccc(NC(=O)C2(CC)CC2)cc1F. The average Bonchev–Trinajstić information content (AvgIpc) is 3.10. The molecule has 2 nitrogen and oxygen atoms in total. The molecule has 0 saturated heterocycles. The maximum atomic E-state index is 13.5. The van der Waals surface area contributed by atoms with E-state index in [9.17, 15) is 9.18 Å². The van der Waals surface area contributed by atoms with Gasteiger partial charge in [-0.2, -0.15) is 0 Å². The van der Waals surface area contributed by atoms with Crippen LogP contribution >= 0.6 is 0 Å². The molecule has 0 bridgehead atoms.